The number of ether oxygens (including phenoxy) is 1. The number of nitrogens with two attached hydrogens (primary N) is 1. The minimum atomic E-state index is -0.0456. The lowest BCUT2D eigenvalue weighted by molar-refractivity contribution is -0.116. The van der Waals surface area contributed by atoms with E-state index in [1.807, 2.05) is 55.5 Å². The second-order valence-electron chi connectivity index (χ2n) is 5.09. The number of aryl methyl sites for hydroxylation is 1. The second kappa shape index (κ2) is 9.74. The van der Waals surface area contributed by atoms with Crippen LogP contribution in [0.2, 0.25) is 0 Å². The number of carbonyl (C=O) groups excluding carboxylic acids is 1. The first-order valence-electron chi connectivity index (χ1n) is 7.55. The number of para-hydroxylation sites is 3. The zero-order valence-corrected chi connectivity index (χ0v) is 14.1. The number of amides is 1. The molecule has 0 atom stereocenters. The van der Waals surface area contributed by atoms with Crippen LogP contribution in [0.15, 0.2) is 48.5 Å². The molecule has 23 heavy (non-hydrogen) atoms. The number of nitrogen functional groups attached to an aromatic ring is 1. The SMILES string of the molecule is CCCOc1ccccc1NC(=O)CCc1ccccc1N.Cl. The van der Waals surface area contributed by atoms with Crippen LogP contribution in [0.1, 0.15) is 25.3 Å². The van der Waals surface area contributed by atoms with Gasteiger partial charge in [0.2, 0.25) is 5.91 Å². The highest BCUT2D eigenvalue weighted by atomic mass is 35.5. The third-order valence-corrected chi connectivity index (χ3v) is 3.30. The maximum Gasteiger partial charge on any atom is 0.224 e. The summed E-state index contributed by atoms with van der Waals surface area (Å²) in [5, 5.41) is 2.90. The average molecular weight is 335 g/mol. The highest BCUT2D eigenvalue weighted by molar-refractivity contribution is 5.92. The molecule has 0 unspecified atom stereocenters. The molecule has 124 valence electrons. The van der Waals surface area contributed by atoms with Crippen molar-refractivity contribution >= 4 is 29.7 Å². The van der Waals surface area contributed by atoms with Crippen LogP contribution in [0.5, 0.6) is 5.75 Å². The summed E-state index contributed by atoms with van der Waals surface area (Å²) < 4.78 is 5.63. The maximum absolute atomic E-state index is 12.1. The van der Waals surface area contributed by atoms with E-state index in [0.717, 1.165) is 17.7 Å². The van der Waals surface area contributed by atoms with Gasteiger partial charge >= 0.3 is 0 Å². The molecule has 0 heterocycles. The monoisotopic (exact) mass is 334 g/mol. The van der Waals surface area contributed by atoms with Crippen LogP contribution in [-0.2, 0) is 11.2 Å². The molecule has 0 fully saturated rings. The molecule has 1 amide bonds. The van der Waals surface area contributed by atoms with Gasteiger partial charge in [-0.25, -0.2) is 0 Å². The first kappa shape index (κ1) is 18.8. The summed E-state index contributed by atoms with van der Waals surface area (Å²) in [6.45, 7) is 2.68. The smallest absolute Gasteiger partial charge is 0.224 e. The van der Waals surface area contributed by atoms with Crippen LogP contribution in [0.3, 0.4) is 0 Å². The third-order valence-electron chi connectivity index (χ3n) is 3.30. The van der Waals surface area contributed by atoms with Crippen molar-refractivity contribution in [2.75, 3.05) is 17.7 Å². The molecule has 0 bridgehead atoms. The molecular weight excluding hydrogens is 312 g/mol. The maximum atomic E-state index is 12.1. The topological polar surface area (TPSA) is 64.3 Å². The van der Waals surface area contributed by atoms with Crippen LogP contribution in [0.4, 0.5) is 11.4 Å². The molecule has 4 nitrogen and oxygen atoms in total. The van der Waals surface area contributed by atoms with Gasteiger partial charge in [0.15, 0.2) is 0 Å². The molecule has 0 aliphatic rings. The Labute approximate surface area is 143 Å². The average Bonchev–Trinajstić information content (AvgIpc) is 2.53. The van der Waals surface area contributed by atoms with Crippen LogP contribution in [0, 0.1) is 0 Å². The van der Waals surface area contributed by atoms with E-state index in [0.29, 0.717) is 30.9 Å². The standard InChI is InChI=1S/C18H22N2O2.ClH/c1-2-13-22-17-10-6-5-9-16(17)20-18(21)12-11-14-7-3-4-8-15(14)19;/h3-10H,2,11-13,19H2,1H3,(H,20,21);1H. The lowest BCUT2D eigenvalue weighted by Gasteiger charge is -2.12. The van der Waals surface area contributed by atoms with E-state index < -0.39 is 0 Å². The van der Waals surface area contributed by atoms with E-state index in [-0.39, 0.29) is 18.3 Å². The van der Waals surface area contributed by atoms with Crippen molar-refractivity contribution in [3.05, 3.63) is 54.1 Å². The zero-order chi connectivity index (χ0) is 15.8. The van der Waals surface area contributed by atoms with Crippen molar-refractivity contribution in [2.24, 2.45) is 0 Å². The number of nitrogens with one attached hydrogen (secondary N) is 1. The van der Waals surface area contributed by atoms with Gasteiger partial charge in [0.25, 0.3) is 0 Å². The summed E-state index contributed by atoms with van der Waals surface area (Å²) >= 11 is 0. The fourth-order valence-electron chi connectivity index (χ4n) is 2.13. The Morgan fingerprint density at radius 1 is 1.13 bits per heavy atom. The van der Waals surface area contributed by atoms with E-state index in [4.69, 9.17) is 10.5 Å². The third kappa shape index (κ3) is 5.83. The van der Waals surface area contributed by atoms with Crippen LogP contribution in [0.25, 0.3) is 0 Å². The molecule has 2 rings (SSSR count). The first-order chi connectivity index (χ1) is 10.7. The molecule has 3 N–H and O–H groups in total. The summed E-state index contributed by atoms with van der Waals surface area (Å²) in [4.78, 5) is 12.1. The van der Waals surface area contributed by atoms with E-state index in [1.54, 1.807) is 0 Å². The Bertz CT molecular complexity index is 632. The fraction of sp³-hybridized carbons (Fsp3) is 0.278. The summed E-state index contributed by atoms with van der Waals surface area (Å²) in [6, 6.07) is 15.1. The van der Waals surface area contributed by atoms with Crippen molar-refractivity contribution < 1.29 is 9.53 Å². The summed E-state index contributed by atoms with van der Waals surface area (Å²) in [6.07, 6.45) is 1.93. The van der Waals surface area contributed by atoms with Gasteiger partial charge in [-0.2, -0.15) is 0 Å². The fourth-order valence-corrected chi connectivity index (χ4v) is 2.13. The van der Waals surface area contributed by atoms with Crippen LogP contribution >= 0.6 is 12.4 Å². The zero-order valence-electron chi connectivity index (χ0n) is 13.2. The molecule has 5 heteroatoms. The van der Waals surface area contributed by atoms with E-state index in [9.17, 15) is 4.79 Å². The second-order valence-corrected chi connectivity index (χ2v) is 5.09. The molecule has 0 radical (unpaired) electrons. The number of hydrogen-bond donors (Lipinski definition) is 2. The predicted molar refractivity (Wildman–Crippen MR) is 97.3 cm³/mol. The normalized spacial score (nSPS) is 9.78. The number of halogens is 1. The number of anilines is 2. The number of carbonyl (C=O) groups is 1. The van der Waals surface area contributed by atoms with Gasteiger partial charge in [-0.15, -0.1) is 12.4 Å². The first-order valence-corrected chi connectivity index (χ1v) is 7.55. The van der Waals surface area contributed by atoms with Crippen LogP contribution < -0.4 is 15.8 Å². The van der Waals surface area contributed by atoms with E-state index in [2.05, 4.69) is 5.32 Å². The van der Waals surface area contributed by atoms with E-state index in [1.165, 1.54) is 0 Å². The van der Waals surface area contributed by atoms with Gasteiger partial charge in [-0.3, -0.25) is 4.79 Å². The number of benzene rings is 2. The van der Waals surface area contributed by atoms with Crippen molar-refractivity contribution in [1.82, 2.24) is 0 Å². The van der Waals surface area contributed by atoms with Gasteiger partial charge in [-0.1, -0.05) is 37.3 Å². The van der Waals surface area contributed by atoms with E-state index >= 15 is 0 Å². The molecule has 2 aromatic rings. The largest absolute Gasteiger partial charge is 0.491 e. The molecule has 0 aliphatic carbocycles. The Balaban J connectivity index is 0.00000264. The number of rotatable bonds is 7. The molecule has 0 spiro atoms. The predicted octanol–water partition coefficient (Wildman–Crippen LogP) is 4.05. The summed E-state index contributed by atoms with van der Waals surface area (Å²) in [5.41, 5.74) is 8.31. The molecule has 2 aromatic carbocycles. The Hall–Kier alpha value is -2.20. The molecule has 0 aromatic heterocycles. The van der Waals surface area contributed by atoms with Gasteiger partial charge in [0.05, 0.1) is 12.3 Å². The Morgan fingerprint density at radius 2 is 1.83 bits per heavy atom. The summed E-state index contributed by atoms with van der Waals surface area (Å²) in [7, 11) is 0. The van der Waals surface area contributed by atoms with Gasteiger partial charge < -0.3 is 15.8 Å². The molecule has 0 saturated heterocycles. The Kier molecular flexibility index (Phi) is 7.98. The van der Waals surface area contributed by atoms with Gasteiger partial charge in [-0.05, 0) is 36.6 Å². The highest BCUT2D eigenvalue weighted by Gasteiger charge is 2.08. The lowest BCUT2D eigenvalue weighted by atomic mass is 10.1. The lowest BCUT2D eigenvalue weighted by Crippen LogP contribution is -2.13. The van der Waals surface area contributed by atoms with Gasteiger partial charge in [0.1, 0.15) is 5.75 Å². The Morgan fingerprint density at radius 3 is 2.57 bits per heavy atom. The molecular formula is C18H23ClN2O2. The number of hydrogen-bond acceptors (Lipinski definition) is 3. The molecule has 0 saturated carbocycles. The van der Waals surface area contributed by atoms with Crippen LogP contribution in [-0.4, -0.2) is 12.5 Å². The summed E-state index contributed by atoms with van der Waals surface area (Å²) in [5.74, 6) is 0.660. The quantitative estimate of drug-likeness (QED) is 0.751. The highest BCUT2D eigenvalue weighted by Crippen LogP contribution is 2.24. The molecule has 0 aliphatic heterocycles. The van der Waals surface area contributed by atoms with Crippen molar-refractivity contribution in [2.45, 2.75) is 26.2 Å². The van der Waals surface area contributed by atoms with Gasteiger partial charge in [0, 0.05) is 12.1 Å². The van der Waals surface area contributed by atoms with Crippen molar-refractivity contribution in [3.8, 4) is 5.75 Å². The minimum absolute atomic E-state index is 0. The van der Waals surface area contributed by atoms with Crippen molar-refractivity contribution in [1.29, 1.82) is 0 Å². The minimum Gasteiger partial charge on any atom is -0.491 e. The van der Waals surface area contributed by atoms with Crippen molar-refractivity contribution in [3.63, 3.8) is 0 Å².